The summed E-state index contributed by atoms with van der Waals surface area (Å²) in [5.41, 5.74) is 5.50. The normalized spacial score (nSPS) is 19.7. The summed E-state index contributed by atoms with van der Waals surface area (Å²) in [6, 6.07) is 20.1. The third-order valence-corrected chi connectivity index (χ3v) is 6.66. The van der Waals surface area contributed by atoms with E-state index in [1.165, 1.54) is 11.1 Å². The molecule has 0 radical (unpaired) electrons. The summed E-state index contributed by atoms with van der Waals surface area (Å²) in [5, 5.41) is 0. The number of carbonyl (C=O) groups excluding carboxylic acids is 1. The van der Waals surface area contributed by atoms with Gasteiger partial charge in [-0.1, -0.05) is 78.9 Å². The van der Waals surface area contributed by atoms with Gasteiger partial charge in [0.1, 0.15) is 5.76 Å². The molecule has 162 valence electrons. The number of hydrogen-bond acceptors (Lipinski definition) is 3. The lowest BCUT2D eigenvalue weighted by atomic mass is 9.78. The van der Waals surface area contributed by atoms with Crippen LogP contribution in [0.15, 0.2) is 107 Å². The summed E-state index contributed by atoms with van der Waals surface area (Å²) in [4.78, 5) is 16.0. The number of nitrogens with zero attached hydrogens (tertiary/aromatic N) is 1. The Kier molecular flexibility index (Phi) is 5.44. The van der Waals surface area contributed by atoms with E-state index in [4.69, 9.17) is 9.47 Å². The summed E-state index contributed by atoms with van der Waals surface area (Å²) in [6.45, 7) is 1.28. The molecule has 0 saturated carbocycles. The quantitative estimate of drug-likeness (QED) is 0.678. The molecule has 2 aliphatic carbocycles. The predicted octanol–water partition coefficient (Wildman–Crippen LogP) is 4.98. The maximum absolute atomic E-state index is 13.9. The average molecular weight is 426 g/mol. The fourth-order valence-corrected chi connectivity index (χ4v) is 5.19. The molecule has 2 aromatic rings. The van der Waals surface area contributed by atoms with Crippen LogP contribution in [0.5, 0.6) is 0 Å². The highest BCUT2D eigenvalue weighted by molar-refractivity contribution is 5.87. The first-order valence-electron chi connectivity index (χ1n) is 11.1. The summed E-state index contributed by atoms with van der Waals surface area (Å²) in [7, 11) is 3.40. The van der Waals surface area contributed by atoms with Crippen LogP contribution >= 0.6 is 0 Å². The van der Waals surface area contributed by atoms with Crippen molar-refractivity contribution in [3.63, 3.8) is 0 Å². The molecule has 1 saturated heterocycles. The van der Waals surface area contributed by atoms with Gasteiger partial charge in [0.05, 0.1) is 20.1 Å². The van der Waals surface area contributed by atoms with Crippen LogP contribution in [-0.2, 0) is 14.3 Å². The van der Waals surface area contributed by atoms with Gasteiger partial charge in [0, 0.05) is 24.6 Å². The number of piperidine rings is 1. The maximum atomic E-state index is 13.9. The minimum absolute atomic E-state index is 0.140. The second kappa shape index (κ2) is 8.54. The molecule has 1 amide bonds. The van der Waals surface area contributed by atoms with E-state index >= 15 is 0 Å². The van der Waals surface area contributed by atoms with Crippen LogP contribution in [0.4, 0.5) is 0 Å². The first-order valence-corrected chi connectivity index (χ1v) is 11.1. The van der Waals surface area contributed by atoms with Crippen molar-refractivity contribution >= 4 is 5.91 Å². The average Bonchev–Trinajstić information content (AvgIpc) is 3.34. The predicted molar refractivity (Wildman–Crippen MR) is 125 cm³/mol. The topological polar surface area (TPSA) is 38.8 Å². The van der Waals surface area contributed by atoms with Crippen LogP contribution in [0, 0.1) is 5.92 Å². The van der Waals surface area contributed by atoms with E-state index < -0.39 is 0 Å². The Hall–Kier alpha value is -3.53. The molecule has 5 rings (SSSR count). The Morgan fingerprint density at radius 2 is 1.62 bits per heavy atom. The van der Waals surface area contributed by atoms with E-state index in [0.29, 0.717) is 13.1 Å². The second-order valence-electron chi connectivity index (χ2n) is 8.34. The number of hydrogen-bond donors (Lipinski definition) is 0. The van der Waals surface area contributed by atoms with E-state index in [9.17, 15) is 4.79 Å². The summed E-state index contributed by atoms with van der Waals surface area (Å²) < 4.78 is 11.5. The van der Waals surface area contributed by atoms with Crippen molar-refractivity contribution in [2.24, 2.45) is 5.92 Å². The molecule has 2 aromatic carbocycles. The Morgan fingerprint density at radius 1 is 0.969 bits per heavy atom. The number of benzene rings is 2. The Morgan fingerprint density at radius 3 is 2.22 bits per heavy atom. The summed E-state index contributed by atoms with van der Waals surface area (Å²) in [6.07, 6.45) is 7.05. The van der Waals surface area contributed by atoms with Crippen LogP contribution < -0.4 is 0 Å². The number of likely N-dealkylation sites (tertiary alicyclic amines) is 1. The minimum atomic E-state index is -0.316. The van der Waals surface area contributed by atoms with E-state index in [1.54, 1.807) is 14.2 Å². The fraction of sp³-hybridized carbons (Fsp3) is 0.250. The highest BCUT2D eigenvalue weighted by Crippen LogP contribution is 2.45. The molecule has 0 bridgehead atoms. The van der Waals surface area contributed by atoms with E-state index in [1.807, 2.05) is 71.6 Å². The maximum Gasteiger partial charge on any atom is 0.234 e. The molecule has 0 aromatic heterocycles. The molecule has 0 N–H and O–H groups in total. The number of amides is 1. The second-order valence-corrected chi connectivity index (χ2v) is 8.34. The van der Waals surface area contributed by atoms with Gasteiger partial charge >= 0.3 is 0 Å². The Bertz CT molecular complexity index is 1100. The minimum Gasteiger partial charge on any atom is -0.497 e. The Labute approximate surface area is 189 Å². The van der Waals surface area contributed by atoms with Crippen LogP contribution in [0.1, 0.15) is 23.5 Å². The summed E-state index contributed by atoms with van der Waals surface area (Å²) >= 11 is 0. The molecule has 1 aliphatic heterocycles. The van der Waals surface area contributed by atoms with Gasteiger partial charge in [0.15, 0.2) is 5.76 Å². The van der Waals surface area contributed by atoms with Gasteiger partial charge in [-0.15, -0.1) is 0 Å². The van der Waals surface area contributed by atoms with Crippen molar-refractivity contribution in [3.05, 3.63) is 118 Å². The molecule has 1 heterocycles. The number of methoxy groups -OCH3 is 2. The van der Waals surface area contributed by atoms with Gasteiger partial charge in [-0.3, -0.25) is 4.79 Å². The molecule has 4 heteroatoms. The lowest BCUT2D eigenvalue weighted by Crippen LogP contribution is -2.44. The molecular weight excluding hydrogens is 398 g/mol. The van der Waals surface area contributed by atoms with E-state index in [2.05, 4.69) is 12.2 Å². The van der Waals surface area contributed by atoms with Gasteiger partial charge < -0.3 is 14.4 Å². The van der Waals surface area contributed by atoms with Gasteiger partial charge in [0.25, 0.3) is 0 Å². The van der Waals surface area contributed by atoms with Crippen molar-refractivity contribution in [2.75, 3.05) is 27.3 Å². The van der Waals surface area contributed by atoms with E-state index in [-0.39, 0.29) is 17.7 Å². The first-order chi connectivity index (χ1) is 15.7. The van der Waals surface area contributed by atoms with Crippen molar-refractivity contribution in [1.29, 1.82) is 0 Å². The molecule has 4 nitrogen and oxygen atoms in total. The van der Waals surface area contributed by atoms with Crippen LogP contribution in [0.25, 0.3) is 0 Å². The molecule has 0 spiro atoms. The highest BCUT2D eigenvalue weighted by atomic mass is 16.5. The Balaban J connectivity index is 1.50. The van der Waals surface area contributed by atoms with Crippen molar-refractivity contribution in [3.8, 4) is 0 Å². The number of fused-ring (bicyclic) bond motifs is 2. The molecule has 1 unspecified atom stereocenters. The summed E-state index contributed by atoms with van der Waals surface area (Å²) in [5.74, 6) is 1.65. The van der Waals surface area contributed by atoms with Gasteiger partial charge in [-0.05, 0) is 28.7 Å². The third-order valence-electron chi connectivity index (χ3n) is 6.66. The first kappa shape index (κ1) is 20.4. The van der Waals surface area contributed by atoms with Crippen LogP contribution in [0.3, 0.4) is 0 Å². The van der Waals surface area contributed by atoms with E-state index in [0.717, 1.165) is 34.6 Å². The largest absolute Gasteiger partial charge is 0.497 e. The van der Waals surface area contributed by atoms with Crippen LogP contribution in [-0.4, -0.2) is 38.1 Å². The molecule has 3 aliphatic rings. The number of allylic oxidation sites excluding steroid dienone is 5. The number of ether oxygens (including phenoxy) is 2. The lowest BCUT2D eigenvalue weighted by Gasteiger charge is -2.40. The van der Waals surface area contributed by atoms with Crippen molar-refractivity contribution in [2.45, 2.75) is 12.3 Å². The standard InChI is InChI=1S/C28H27NO3/c1-31-26-22-15-9-14-21(22)24-18-29(17-16-23(24)27(26)32-2)28(30)25(19-10-5-3-6-11-19)20-12-7-4-8-13-20/h3-15,23,25H,16-18H2,1-2H3. The highest BCUT2D eigenvalue weighted by Gasteiger charge is 2.40. The smallest absolute Gasteiger partial charge is 0.234 e. The molecule has 1 atom stereocenters. The zero-order chi connectivity index (χ0) is 22.1. The monoisotopic (exact) mass is 425 g/mol. The van der Waals surface area contributed by atoms with Gasteiger partial charge in [-0.25, -0.2) is 0 Å². The number of rotatable bonds is 5. The van der Waals surface area contributed by atoms with Crippen molar-refractivity contribution in [1.82, 2.24) is 4.90 Å². The van der Waals surface area contributed by atoms with Crippen LogP contribution in [0.2, 0.25) is 0 Å². The molecule has 32 heavy (non-hydrogen) atoms. The third kappa shape index (κ3) is 3.36. The fourth-order valence-electron chi connectivity index (χ4n) is 5.19. The number of carbonyl (C=O) groups is 1. The van der Waals surface area contributed by atoms with Gasteiger partial charge in [-0.2, -0.15) is 0 Å². The zero-order valence-corrected chi connectivity index (χ0v) is 18.5. The molecular formula is C28H27NO3. The van der Waals surface area contributed by atoms with Gasteiger partial charge in [0.2, 0.25) is 5.91 Å². The zero-order valence-electron chi connectivity index (χ0n) is 18.5. The SMILES string of the molecule is COC1=C(OC)C2CCN(C(=O)C(c3ccccc3)c3ccccc3)CC2=C2C=CC=C21. The van der Waals surface area contributed by atoms with Crippen molar-refractivity contribution < 1.29 is 14.3 Å². The molecule has 1 fully saturated rings. The lowest BCUT2D eigenvalue weighted by molar-refractivity contribution is -0.132.